The third kappa shape index (κ3) is 3.93. The van der Waals surface area contributed by atoms with Gasteiger partial charge in [0.25, 0.3) is 0 Å². The van der Waals surface area contributed by atoms with E-state index < -0.39 is 5.97 Å². The zero-order valence-electron chi connectivity index (χ0n) is 11.2. The van der Waals surface area contributed by atoms with E-state index in [0.717, 1.165) is 18.5 Å². The SMILES string of the molecule is Nc1nc(CCCNC(=O)[C@H]2CC[C@@H](C(=O)O)C2)cs1. The lowest BCUT2D eigenvalue weighted by Gasteiger charge is -2.10. The van der Waals surface area contributed by atoms with Crippen molar-refractivity contribution in [1.29, 1.82) is 0 Å². The summed E-state index contributed by atoms with van der Waals surface area (Å²) < 4.78 is 0. The molecule has 7 heteroatoms. The third-order valence-electron chi connectivity index (χ3n) is 3.63. The molecule has 1 amide bonds. The predicted molar refractivity (Wildman–Crippen MR) is 76.3 cm³/mol. The minimum atomic E-state index is -0.790. The van der Waals surface area contributed by atoms with Gasteiger partial charge in [-0.05, 0) is 32.1 Å². The normalized spacial score (nSPS) is 21.8. The first-order valence-corrected chi connectivity index (χ1v) is 7.64. The van der Waals surface area contributed by atoms with Crippen LogP contribution in [0.4, 0.5) is 5.13 Å². The average molecular weight is 297 g/mol. The van der Waals surface area contributed by atoms with Crippen molar-refractivity contribution in [1.82, 2.24) is 10.3 Å². The van der Waals surface area contributed by atoms with Gasteiger partial charge in [0.2, 0.25) is 5.91 Å². The van der Waals surface area contributed by atoms with Crippen LogP contribution in [0.25, 0.3) is 0 Å². The van der Waals surface area contributed by atoms with Gasteiger partial charge >= 0.3 is 5.97 Å². The molecule has 2 atom stereocenters. The molecule has 1 saturated carbocycles. The number of amides is 1. The summed E-state index contributed by atoms with van der Waals surface area (Å²) in [4.78, 5) is 26.9. The van der Waals surface area contributed by atoms with Gasteiger partial charge in [0.05, 0.1) is 11.6 Å². The molecule has 1 aromatic heterocycles. The van der Waals surface area contributed by atoms with Crippen molar-refractivity contribution in [3.8, 4) is 0 Å². The fourth-order valence-electron chi connectivity index (χ4n) is 2.51. The van der Waals surface area contributed by atoms with Gasteiger partial charge in [-0.3, -0.25) is 9.59 Å². The lowest BCUT2D eigenvalue weighted by atomic mass is 10.0. The molecule has 20 heavy (non-hydrogen) atoms. The maximum atomic E-state index is 11.9. The second-order valence-corrected chi connectivity index (χ2v) is 6.01. The maximum Gasteiger partial charge on any atom is 0.306 e. The van der Waals surface area contributed by atoms with E-state index in [9.17, 15) is 9.59 Å². The Kier molecular flexibility index (Phi) is 4.94. The molecule has 0 radical (unpaired) electrons. The number of nitrogen functional groups attached to an aromatic ring is 1. The summed E-state index contributed by atoms with van der Waals surface area (Å²) in [5.41, 5.74) is 6.49. The molecule has 0 aliphatic heterocycles. The van der Waals surface area contributed by atoms with Crippen LogP contribution in [0.15, 0.2) is 5.38 Å². The standard InChI is InChI=1S/C13H19N3O3S/c14-13-16-10(7-20-13)2-1-5-15-11(17)8-3-4-9(6-8)12(18)19/h7-9H,1-6H2,(H2,14,16)(H,15,17)(H,18,19)/t8-,9+/m0/s1. The maximum absolute atomic E-state index is 11.9. The van der Waals surface area contributed by atoms with Crippen LogP contribution >= 0.6 is 11.3 Å². The van der Waals surface area contributed by atoms with E-state index in [1.807, 2.05) is 5.38 Å². The van der Waals surface area contributed by atoms with Gasteiger partial charge in [0.1, 0.15) is 0 Å². The molecular weight excluding hydrogens is 278 g/mol. The topological polar surface area (TPSA) is 105 Å². The van der Waals surface area contributed by atoms with Crippen molar-refractivity contribution >= 4 is 28.3 Å². The summed E-state index contributed by atoms with van der Waals surface area (Å²) in [5.74, 6) is -1.32. The number of aliphatic carboxylic acids is 1. The Bertz CT molecular complexity index is 489. The number of carboxylic acids is 1. The molecule has 0 saturated heterocycles. The molecule has 4 N–H and O–H groups in total. The number of carboxylic acid groups (broad SMARTS) is 1. The van der Waals surface area contributed by atoms with Crippen LogP contribution < -0.4 is 11.1 Å². The molecule has 0 bridgehead atoms. The first-order chi connectivity index (χ1) is 9.56. The predicted octanol–water partition coefficient (Wildman–Crippen LogP) is 1.28. The molecular formula is C13H19N3O3S. The second kappa shape index (κ2) is 6.69. The summed E-state index contributed by atoms with van der Waals surface area (Å²) in [5, 5.41) is 14.3. The average Bonchev–Trinajstić information content (AvgIpc) is 3.03. The molecule has 1 aliphatic carbocycles. The van der Waals surface area contributed by atoms with E-state index in [0.29, 0.717) is 30.9 Å². The van der Waals surface area contributed by atoms with E-state index in [2.05, 4.69) is 10.3 Å². The quantitative estimate of drug-likeness (QED) is 0.686. The summed E-state index contributed by atoms with van der Waals surface area (Å²) >= 11 is 1.42. The molecule has 2 rings (SSSR count). The smallest absolute Gasteiger partial charge is 0.306 e. The summed E-state index contributed by atoms with van der Waals surface area (Å²) in [6.45, 7) is 0.588. The Balaban J connectivity index is 1.64. The molecule has 0 spiro atoms. The van der Waals surface area contributed by atoms with Gasteiger partial charge < -0.3 is 16.2 Å². The van der Waals surface area contributed by atoms with E-state index in [-0.39, 0.29) is 17.7 Å². The van der Waals surface area contributed by atoms with Crippen LogP contribution in [0.5, 0.6) is 0 Å². The molecule has 1 aromatic rings. The zero-order chi connectivity index (χ0) is 14.5. The van der Waals surface area contributed by atoms with Crippen molar-refractivity contribution in [2.24, 2.45) is 11.8 Å². The number of anilines is 1. The minimum absolute atomic E-state index is 0.0217. The number of hydrogen-bond acceptors (Lipinski definition) is 5. The first-order valence-electron chi connectivity index (χ1n) is 6.76. The Morgan fingerprint density at radius 3 is 2.80 bits per heavy atom. The van der Waals surface area contributed by atoms with Crippen molar-refractivity contribution in [2.45, 2.75) is 32.1 Å². The number of thiazole rings is 1. The molecule has 6 nitrogen and oxygen atoms in total. The number of nitrogens with zero attached hydrogens (tertiary/aromatic N) is 1. The summed E-state index contributed by atoms with van der Waals surface area (Å²) in [7, 11) is 0. The van der Waals surface area contributed by atoms with E-state index >= 15 is 0 Å². The highest BCUT2D eigenvalue weighted by atomic mass is 32.1. The number of nitrogens with two attached hydrogens (primary N) is 1. The van der Waals surface area contributed by atoms with Crippen LogP contribution in [-0.4, -0.2) is 28.5 Å². The fourth-order valence-corrected chi connectivity index (χ4v) is 3.10. The number of hydrogen-bond donors (Lipinski definition) is 3. The van der Waals surface area contributed by atoms with Gasteiger partial charge in [-0.15, -0.1) is 11.3 Å². The number of carbonyl (C=O) groups excluding carboxylic acids is 1. The lowest BCUT2D eigenvalue weighted by Crippen LogP contribution is -2.30. The van der Waals surface area contributed by atoms with Crippen molar-refractivity contribution in [3.63, 3.8) is 0 Å². The van der Waals surface area contributed by atoms with Crippen LogP contribution in [0, 0.1) is 11.8 Å². The van der Waals surface area contributed by atoms with Gasteiger partial charge in [-0.1, -0.05) is 0 Å². The van der Waals surface area contributed by atoms with Crippen molar-refractivity contribution in [2.75, 3.05) is 12.3 Å². The highest BCUT2D eigenvalue weighted by Gasteiger charge is 2.33. The molecule has 1 aliphatic rings. The summed E-state index contributed by atoms with van der Waals surface area (Å²) in [6.07, 6.45) is 3.33. The van der Waals surface area contributed by atoms with Gasteiger partial charge in [-0.2, -0.15) is 0 Å². The molecule has 110 valence electrons. The second-order valence-electron chi connectivity index (χ2n) is 5.12. The third-order valence-corrected chi connectivity index (χ3v) is 4.35. The Morgan fingerprint density at radius 1 is 1.45 bits per heavy atom. The number of rotatable bonds is 6. The van der Waals surface area contributed by atoms with Gasteiger partial charge in [0.15, 0.2) is 5.13 Å². The largest absolute Gasteiger partial charge is 0.481 e. The van der Waals surface area contributed by atoms with Gasteiger partial charge in [0, 0.05) is 17.8 Å². The lowest BCUT2D eigenvalue weighted by molar-refractivity contribution is -0.141. The van der Waals surface area contributed by atoms with E-state index in [4.69, 9.17) is 10.8 Å². The van der Waals surface area contributed by atoms with Gasteiger partial charge in [-0.25, -0.2) is 4.98 Å². The fraction of sp³-hybridized carbons (Fsp3) is 0.615. The van der Waals surface area contributed by atoms with E-state index in [1.54, 1.807) is 0 Å². The Hall–Kier alpha value is -1.63. The van der Waals surface area contributed by atoms with Crippen LogP contribution in [-0.2, 0) is 16.0 Å². The Morgan fingerprint density at radius 2 is 2.20 bits per heavy atom. The number of aromatic nitrogens is 1. The highest BCUT2D eigenvalue weighted by Crippen LogP contribution is 2.31. The van der Waals surface area contributed by atoms with Crippen LogP contribution in [0.1, 0.15) is 31.4 Å². The molecule has 1 fully saturated rings. The summed E-state index contributed by atoms with van der Waals surface area (Å²) in [6, 6.07) is 0. The van der Waals surface area contributed by atoms with Crippen LogP contribution in [0.2, 0.25) is 0 Å². The zero-order valence-corrected chi connectivity index (χ0v) is 12.0. The molecule has 0 unspecified atom stereocenters. The molecule has 1 heterocycles. The number of aryl methyl sites for hydroxylation is 1. The Labute approximate surface area is 121 Å². The molecule has 0 aromatic carbocycles. The number of carbonyl (C=O) groups is 2. The minimum Gasteiger partial charge on any atom is -0.481 e. The first kappa shape index (κ1) is 14.8. The van der Waals surface area contributed by atoms with Crippen molar-refractivity contribution in [3.05, 3.63) is 11.1 Å². The van der Waals surface area contributed by atoms with E-state index in [1.165, 1.54) is 11.3 Å². The highest BCUT2D eigenvalue weighted by molar-refractivity contribution is 7.13. The van der Waals surface area contributed by atoms with Crippen LogP contribution in [0.3, 0.4) is 0 Å². The van der Waals surface area contributed by atoms with Crippen molar-refractivity contribution < 1.29 is 14.7 Å². The monoisotopic (exact) mass is 297 g/mol. The number of nitrogens with one attached hydrogen (secondary N) is 1.